The molecule has 1 aromatic carbocycles. The summed E-state index contributed by atoms with van der Waals surface area (Å²) in [6.07, 6.45) is 4.32. The van der Waals surface area contributed by atoms with Gasteiger partial charge in [0.15, 0.2) is 0 Å². The van der Waals surface area contributed by atoms with E-state index in [2.05, 4.69) is 0 Å². The zero-order chi connectivity index (χ0) is 15.2. The smallest absolute Gasteiger partial charge is 0.335 e. The third kappa shape index (κ3) is 4.46. The summed E-state index contributed by atoms with van der Waals surface area (Å²) in [5.41, 5.74) is 0.0288. The van der Waals surface area contributed by atoms with Gasteiger partial charge in [-0.05, 0) is 31.0 Å². The van der Waals surface area contributed by atoms with Crippen LogP contribution in [0.4, 0.5) is 4.39 Å². The number of carbonyl (C=O) groups is 2. The Hall–Kier alpha value is -1.56. The molecule has 1 amide bonds. The van der Waals surface area contributed by atoms with Crippen molar-refractivity contribution in [1.82, 2.24) is 4.90 Å². The van der Waals surface area contributed by atoms with Gasteiger partial charge in [0.05, 0.1) is 11.3 Å². The topological polar surface area (TPSA) is 57.6 Å². The minimum absolute atomic E-state index is 0.0120. The molecule has 1 N–H and O–H groups in total. The highest BCUT2D eigenvalue weighted by atomic mass is 32.2. The van der Waals surface area contributed by atoms with Crippen molar-refractivity contribution in [1.29, 1.82) is 0 Å². The summed E-state index contributed by atoms with van der Waals surface area (Å²) in [5.74, 6) is -1.47. The molecule has 1 aromatic rings. The monoisotopic (exact) mass is 311 g/mol. The lowest BCUT2D eigenvalue weighted by molar-refractivity contribution is -0.128. The van der Waals surface area contributed by atoms with E-state index in [0.717, 1.165) is 56.6 Å². The van der Waals surface area contributed by atoms with Gasteiger partial charge in [-0.2, -0.15) is 0 Å². The Labute approximate surface area is 127 Å². The first kappa shape index (κ1) is 15.8. The van der Waals surface area contributed by atoms with E-state index in [9.17, 15) is 14.0 Å². The Balaban J connectivity index is 1.97. The highest BCUT2D eigenvalue weighted by Gasteiger charge is 2.17. The molecule has 6 heteroatoms. The van der Waals surface area contributed by atoms with Crippen LogP contribution < -0.4 is 0 Å². The van der Waals surface area contributed by atoms with E-state index in [1.165, 1.54) is 12.1 Å². The van der Waals surface area contributed by atoms with Crippen LogP contribution in [0.25, 0.3) is 0 Å². The van der Waals surface area contributed by atoms with Crippen LogP contribution in [0.3, 0.4) is 0 Å². The van der Waals surface area contributed by atoms with E-state index in [1.54, 1.807) is 0 Å². The summed E-state index contributed by atoms with van der Waals surface area (Å²) in [6.45, 7) is 1.52. The molecule has 0 spiro atoms. The van der Waals surface area contributed by atoms with Crippen LogP contribution in [0.2, 0.25) is 0 Å². The van der Waals surface area contributed by atoms with Crippen molar-refractivity contribution in [2.24, 2.45) is 0 Å². The van der Waals surface area contributed by atoms with Crippen molar-refractivity contribution in [3.63, 3.8) is 0 Å². The van der Waals surface area contributed by atoms with Gasteiger partial charge in [-0.3, -0.25) is 4.79 Å². The number of carboxylic acids is 1. The number of hydrogen-bond acceptors (Lipinski definition) is 3. The number of halogens is 1. The molecule has 0 aromatic heterocycles. The van der Waals surface area contributed by atoms with E-state index in [1.807, 2.05) is 4.90 Å². The van der Waals surface area contributed by atoms with Crippen molar-refractivity contribution in [3.05, 3.63) is 29.6 Å². The number of nitrogens with zero attached hydrogens (tertiary/aromatic N) is 1. The fourth-order valence-electron chi connectivity index (χ4n) is 2.30. The second kappa shape index (κ2) is 7.45. The van der Waals surface area contributed by atoms with Crippen LogP contribution in [0.1, 0.15) is 36.0 Å². The largest absolute Gasteiger partial charge is 0.478 e. The summed E-state index contributed by atoms with van der Waals surface area (Å²) < 4.78 is 13.7. The maximum atomic E-state index is 13.7. The molecule has 0 bridgehead atoms. The fraction of sp³-hybridized carbons (Fsp3) is 0.467. The van der Waals surface area contributed by atoms with Crippen LogP contribution in [0.15, 0.2) is 23.1 Å². The maximum Gasteiger partial charge on any atom is 0.335 e. The zero-order valence-corrected chi connectivity index (χ0v) is 12.5. The average Bonchev–Trinajstić information content (AvgIpc) is 2.75. The molecule has 0 saturated carbocycles. The SMILES string of the molecule is O=C(O)c1ccc(F)c(SCC(=O)N2CCCCCC2)c1. The first-order valence-electron chi connectivity index (χ1n) is 7.01. The third-order valence-corrected chi connectivity index (χ3v) is 4.50. The second-order valence-electron chi connectivity index (χ2n) is 5.03. The van der Waals surface area contributed by atoms with E-state index in [4.69, 9.17) is 5.11 Å². The van der Waals surface area contributed by atoms with Crippen molar-refractivity contribution in [2.75, 3.05) is 18.8 Å². The van der Waals surface area contributed by atoms with Crippen LogP contribution in [0, 0.1) is 5.82 Å². The van der Waals surface area contributed by atoms with Gasteiger partial charge in [-0.1, -0.05) is 12.8 Å². The molecule has 1 saturated heterocycles. The summed E-state index contributed by atoms with van der Waals surface area (Å²) in [5, 5.41) is 8.91. The number of aromatic carboxylic acids is 1. The minimum atomic E-state index is -1.10. The first-order chi connectivity index (χ1) is 10.1. The van der Waals surface area contributed by atoms with Crippen LogP contribution in [0.5, 0.6) is 0 Å². The summed E-state index contributed by atoms with van der Waals surface area (Å²) in [6, 6.07) is 3.62. The Morgan fingerprint density at radius 1 is 1.19 bits per heavy atom. The summed E-state index contributed by atoms with van der Waals surface area (Å²) in [7, 11) is 0. The Bertz CT molecular complexity index is 528. The average molecular weight is 311 g/mol. The first-order valence-corrected chi connectivity index (χ1v) is 8.00. The lowest BCUT2D eigenvalue weighted by Gasteiger charge is -2.20. The van der Waals surface area contributed by atoms with Crippen molar-refractivity contribution in [3.8, 4) is 0 Å². The lowest BCUT2D eigenvalue weighted by atomic mass is 10.2. The predicted molar refractivity (Wildman–Crippen MR) is 79.1 cm³/mol. The second-order valence-corrected chi connectivity index (χ2v) is 6.05. The number of likely N-dealkylation sites (tertiary alicyclic amines) is 1. The Morgan fingerprint density at radius 2 is 1.86 bits per heavy atom. The van der Waals surface area contributed by atoms with Gasteiger partial charge in [0.1, 0.15) is 5.82 Å². The van der Waals surface area contributed by atoms with Crippen LogP contribution in [-0.2, 0) is 4.79 Å². The Kier molecular flexibility index (Phi) is 5.61. The van der Waals surface area contributed by atoms with E-state index >= 15 is 0 Å². The fourth-order valence-corrected chi connectivity index (χ4v) is 3.18. The predicted octanol–water partition coefficient (Wildman–Crippen LogP) is 3.02. The number of amides is 1. The quantitative estimate of drug-likeness (QED) is 0.868. The minimum Gasteiger partial charge on any atom is -0.478 e. The highest BCUT2D eigenvalue weighted by Crippen LogP contribution is 2.24. The highest BCUT2D eigenvalue weighted by molar-refractivity contribution is 8.00. The number of benzene rings is 1. The molecule has 114 valence electrons. The number of carboxylic acid groups (broad SMARTS) is 1. The maximum absolute atomic E-state index is 13.7. The number of hydrogen-bond donors (Lipinski definition) is 1. The molecule has 2 rings (SSSR count). The van der Waals surface area contributed by atoms with Gasteiger partial charge < -0.3 is 10.0 Å². The molecule has 1 fully saturated rings. The molecule has 0 atom stereocenters. The van der Waals surface area contributed by atoms with Gasteiger partial charge in [0, 0.05) is 18.0 Å². The van der Waals surface area contributed by atoms with Gasteiger partial charge in [0.25, 0.3) is 0 Å². The molecule has 0 radical (unpaired) electrons. The van der Waals surface area contributed by atoms with Gasteiger partial charge in [0.2, 0.25) is 5.91 Å². The van der Waals surface area contributed by atoms with Gasteiger partial charge >= 0.3 is 5.97 Å². The molecule has 21 heavy (non-hydrogen) atoms. The molecular formula is C15H18FNO3S. The van der Waals surface area contributed by atoms with Gasteiger partial charge in [-0.25, -0.2) is 9.18 Å². The molecule has 1 aliphatic rings. The molecular weight excluding hydrogens is 293 g/mol. The number of thioether (sulfide) groups is 1. The zero-order valence-electron chi connectivity index (χ0n) is 11.7. The molecule has 0 aliphatic carbocycles. The summed E-state index contributed by atoms with van der Waals surface area (Å²) in [4.78, 5) is 25.0. The molecule has 1 aliphatic heterocycles. The third-order valence-electron chi connectivity index (χ3n) is 3.49. The summed E-state index contributed by atoms with van der Waals surface area (Å²) >= 11 is 1.06. The number of carbonyl (C=O) groups excluding carboxylic acids is 1. The van der Waals surface area contributed by atoms with Crippen molar-refractivity contribution in [2.45, 2.75) is 30.6 Å². The van der Waals surface area contributed by atoms with E-state index in [-0.39, 0.29) is 22.1 Å². The number of rotatable bonds is 4. The normalized spacial score (nSPS) is 15.6. The van der Waals surface area contributed by atoms with Gasteiger partial charge in [-0.15, -0.1) is 11.8 Å². The molecule has 1 heterocycles. The van der Waals surface area contributed by atoms with Crippen LogP contribution in [-0.4, -0.2) is 40.7 Å². The standard InChI is InChI=1S/C15H18FNO3S/c16-12-6-5-11(15(19)20)9-13(12)21-10-14(18)17-7-3-1-2-4-8-17/h5-6,9H,1-4,7-8,10H2,(H,19,20). The van der Waals surface area contributed by atoms with E-state index < -0.39 is 11.8 Å². The van der Waals surface area contributed by atoms with Crippen molar-refractivity contribution < 1.29 is 19.1 Å². The van der Waals surface area contributed by atoms with Crippen LogP contribution >= 0.6 is 11.8 Å². The molecule has 4 nitrogen and oxygen atoms in total. The lowest BCUT2D eigenvalue weighted by Crippen LogP contribution is -2.33. The molecule has 0 unspecified atom stereocenters. The van der Waals surface area contributed by atoms with Crippen molar-refractivity contribution >= 4 is 23.6 Å². The Morgan fingerprint density at radius 3 is 2.48 bits per heavy atom. The van der Waals surface area contributed by atoms with E-state index in [0.29, 0.717) is 0 Å².